The topological polar surface area (TPSA) is 106 Å². The quantitative estimate of drug-likeness (QED) is 0.549. The largest absolute Gasteiger partial charge is 0.497 e. The van der Waals surface area contributed by atoms with Crippen LogP contribution in [0.5, 0.6) is 17.2 Å². The Bertz CT molecular complexity index is 990. The molecule has 30 heavy (non-hydrogen) atoms. The third-order valence-electron chi connectivity index (χ3n) is 4.58. The van der Waals surface area contributed by atoms with Gasteiger partial charge in [-0.05, 0) is 48.7 Å². The lowest BCUT2D eigenvalue weighted by molar-refractivity contribution is 0.310. The van der Waals surface area contributed by atoms with Gasteiger partial charge in [-0.2, -0.15) is 4.98 Å². The van der Waals surface area contributed by atoms with Gasteiger partial charge in [-0.3, -0.25) is 0 Å². The summed E-state index contributed by atoms with van der Waals surface area (Å²) in [6.45, 7) is 5.17. The van der Waals surface area contributed by atoms with Crippen LogP contribution < -0.4 is 25.7 Å². The van der Waals surface area contributed by atoms with E-state index in [-0.39, 0.29) is 5.95 Å². The number of rotatable bonds is 9. The number of nitrogens with zero attached hydrogens (tertiary/aromatic N) is 2. The van der Waals surface area contributed by atoms with Crippen molar-refractivity contribution < 1.29 is 14.2 Å². The van der Waals surface area contributed by atoms with Gasteiger partial charge in [-0.15, -0.1) is 0 Å². The van der Waals surface area contributed by atoms with Gasteiger partial charge in [0.2, 0.25) is 5.95 Å². The van der Waals surface area contributed by atoms with Crippen LogP contribution in [-0.2, 0) is 6.42 Å². The van der Waals surface area contributed by atoms with Crippen LogP contribution >= 0.6 is 0 Å². The van der Waals surface area contributed by atoms with Crippen LogP contribution in [-0.4, -0.2) is 30.3 Å². The number of aromatic nitrogens is 2. The van der Waals surface area contributed by atoms with Crippen LogP contribution in [0.1, 0.15) is 31.4 Å². The monoisotopic (exact) mass is 408 g/mol. The molecule has 0 saturated heterocycles. The maximum atomic E-state index is 6.12. The zero-order chi connectivity index (χ0) is 21.5. The van der Waals surface area contributed by atoms with E-state index in [4.69, 9.17) is 25.7 Å². The first-order valence-corrected chi connectivity index (χ1v) is 9.99. The average Bonchev–Trinajstić information content (AvgIpc) is 2.74. The molecule has 7 nitrogen and oxygen atoms in total. The van der Waals surface area contributed by atoms with Crippen molar-refractivity contribution in [3.8, 4) is 28.4 Å². The van der Waals surface area contributed by atoms with Crippen molar-refractivity contribution in [1.29, 1.82) is 0 Å². The first-order valence-electron chi connectivity index (χ1n) is 9.99. The molecule has 0 unspecified atom stereocenters. The maximum absolute atomic E-state index is 6.12. The van der Waals surface area contributed by atoms with Crippen molar-refractivity contribution in [2.24, 2.45) is 0 Å². The minimum absolute atomic E-state index is 0.160. The van der Waals surface area contributed by atoms with Gasteiger partial charge in [0, 0.05) is 18.2 Å². The summed E-state index contributed by atoms with van der Waals surface area (Å²) in [4.78, 5) is 8.11. The van der Waals surface area contributed by atoms with Crippen LogP contribution in [0.25, 0.3) is 11.1 Å². The smallest absolute Gasteiger partial charge is 0.221 e. The van der Waals surface area contributed by atoms with E-state index in [1.165, 1.54) is 0 Å². The number of hydrogen-bond acceptors (Lipinski definition) is 7. The number of anilines is 2. The minimum Gasteiger partial charge on any atom is -0.497 e. The minimum atomic E-state index is 0.160. The molecule has 2 aromatic carbocycles. The highest BCUT2D eigenvalue weighted by Gasteiger charge is 2.17. The molecule has 0 aliphatic carbocycles. The lowest BCUT2D eigenvalue weighted by atomic mass is 9.98. The summed E-state index contributed by atoms with van der Waals surface area (Å²) < 4.78 is 17.4. The highest BCUT2D eigenvalue weighted by molar-refractivity contribution is 5.78. The van der Waals surface area contributed by atoms with Gasteiger partial charge >= 0.3 is 0 Å². The maximum Gasteiger partial charge on any atom is 0.221 e. The molecule has 0 aliphatic rings. The van der Waals surface area contributed by atoms with Gasteiger partial charge < -0.3 is 25.7 Å². The molecule has 0 amide bonds. The van der Waals surface area contributed by atoms with Gasteiger partial charge in [0.25, 0.3) is 0 Å². The number of hydrogen-bond donors (Lipinski definition) is 2. The van der Waals surface area contributed by atoms with Crippen molar-refractivity contribution >= 4 is 11.8 Å². The fourth-order valence-electron chi connectivity index (χ4n) is 3.17. The van der Waals surface area contributed by atoms with E-state index in [0.29, 0.717) is 25.5 Å². The van der Waals surface area contributed by atoms with E-state index in [0.717, 1.165) is 45.9 Å². The third-order valence-corrected chi connectivity index (χ3v) is 4.58. The highest BCUT2D eigenvalue weighted by Crippen LogP contribution is 2.41. The summed E-state index contributed by atoms with van der Waals surface area (Å²) in [7, 11) is 1.65. The SMILES string of the molecule is CCCOc1cc(Cc2cnc(N)nc2N)cc(OCC)c1-c1ccc(OC)cc1. The van der Waals surface area contributed by atoms with Crippen molar-refractivity contribution in [2.75, 3.05) is 31.8 Å². The first kappa shape index (κ1) is 21.2. The van der Waals surface area contributed by atoms with E-state index in [1.54, 1.807) is 13.3 Å². The molecule has 0 radical (unpaired) electrons. The summed E-state index contributed by atoms with van der Waals surface area (Å²) in [6.07, 6.45) is 3.09. The van der Waals surface area contributed by atoms with E-state index in [9.17, 15) is 0 Å². The molecule has 158 valence electrons. The number of ether oxygens (including phenoxy) is 3. The molecule has 3 rings (SSSR count). The van der Waals surface area contributed by atoms with Crippen molar-refractivity contribution in [3.05, 3.63) is 53.7 Å². The Morgan fingerprint density at radius 2 is 1.67 bits per heavy atom. The lowest BCUT2D eigenvalue weighted by Gasteiger charge is -2.18. The van der Waals surface area contributed by atoms with E-state index < -0.39 is 0 Å². The molecular formula is C23H28N4O3. The molecule has 1 aromatic heterocycles. The molecule has 0 bridgehead atoms. The molecular weight excluding hydrogens is 380 g/mol. The van der Waals surface area contributed by atoms with Gasteiger partial charge in [0.15, 0.2) is 0 Å². The van der Waals surface area contributed by atoms with Gasteiger partial charge in [-0.1, -0.05) is 19.1 Å². The van der Waals surface area contributed by atoms with Crippen LogP contribution in [0.3, 0.4) is 0 Å². The summed E-state index contributed by atoms with van der Waals surface area (Å²) in [5.74, 6) is 2.84. The normalized spacial score (nSPS) is 10.6. The molecule has 0 atom stereocenters. The van der Waals surface area contributed by atoms with E-state index in [2.05, 4.69) is 16.9 Å². The number of nitrogens with two attached hydrogens (primary N) is 2. The molecule has 3 aromatic rings. The zero-order valence-electron chi connectivity index (χ0n) is 17.6. The molecule has 0 aliphatic heterocycles. The molecule has 7 heteroatoms. The van der Waals surface area contributed by atoms with Gasteiger partial charge in [0.05, 0.1) is 25.9 Å². The average molecular weight is 409 g/mol. The number of benzene rings is 2. The summed E-state index contributed by atoms with van der Waals surface area (Å²) in [5, 5.41) is 0. The fourth-order valence-corrected chi connectivity index (χ4v) is 3.17. The van der Waals surface area contributed by atoms with Crippen molar-refractivity contribution in [2.45, 2.75) is 26.7 Å². The summed E-state index contributed by atoms with van der Waals surface area (Å²) >= 11 is 0. The third kappa shape index (κ3) is 4.92. The Morgan fingerprint density at radius 3 is 2.27 bits per heavy atom. The Labute approximate surface area is 177 Å². The predicted octanol–water partition coefficient (Wildman–Crippen LogP) is 4.09. The van der Waals surface area contributed by atoms with Crippen molar-refractivity contribution in [3.63, 3.8) is 0 Å². The highest BCUT2D eigenvalue weighted by atomic mass is 16.5. The standard InChI is InChI=1S/C23H28N4O3/c1-4-10-30-20-13-15(11-17-14-26-23(25)27-22(17)24)12-19(29-5-2)21(20)16-6-8-18(28-3)9-7-16/h6-9,12-14H,4-5,10-11H2,1-3H3,(H4,24,25,26,27). The van der Waals surface area contributed by atoms with Gasteiger partial charge in [0.1, 0.15) is 23.1 Å². The van der Waals surface area contributed by atoms with Crippen LogP contribution in [0.15, 0.2) is 42.6 Å². The Hall–Kier alpha value is -3.48. The van der Waals surface area contributed by atoms with Crippen LogP contribution in [0, 0.1) is 0 Å². The lowest BCUT2D eigenvalue weighted by Crippen LogP contribution is -2.05. The van der Waals surface area contributed by atoms with Crippen LogP contribution in [0.2, 0.25) is 0 Å². The van der Waals surface area contributed by atoms with E-state index in [1.807, 2.05) is 43.3 Å². The molecule has 1 heterocycles. The molecule has 0 saturated carbocycles. The molecule has 4 N–H and O–H groups in total. The first-order chi connectivity index (χ1) is 14.5. The summed E-state index contributed by atoms with van der Waals surface area (Å²) in [5.41, 5.74) is 15.3. The Kier molecular flexibility index (Phi) is 6.95. The second-order valence-electron chi connectivity index (χ2n) is 6.79. The van der Waals surface area contributed by atoms with Crippen molar-refractivity contribution in [1.82, 2.24) is 9.97 Å². The second-order valence-corrected chi connectivity index (χ2v) is 6.79. The van der Waals surface area contributed by atoms with Crippen LogP contribution in [0.4, 0.5) is 11.8 Å². The van der Waals surface area contributed by atoms with Gasteiger partial charge in [-0.25, -0.2) is 4.98 Å². The fraction of sp³-hybridized carbons (Fsp3) is 0.304. The zero-order valence-corrected chi connectivity index (χ0v) is 17.6. The number of methoxy groups -OCH3 is 1. The summed E-state index contributed by atoms with van der Waals surface area (Å²) in [6, 6.07) is 11.9. The Balaban J connectivity index is 2.07. The Morgan fingerprint density at radius 1 is 0.967 bits per heavy atom. The molecule has 0 fully saturated rings. The molecule has 0 spiro atoms. The number of nitrogen functional groups attached to an aromatic ring is 2. The van der Waals surface area contributed by atoms with E-state index >= 15 is 0 Å². The second kappa shape index (κ2) is 9.82. The predicted molar refractivity (Wildman–Crippen MR) is 119 cm³/mol.